The molecule has 2 aromatic rings. The highest BCUT2D eigenvalue weighted by atomic mass is 14.6. The maximum absolute atomic E-state index is 5.90. The molecular weight excluding hydrogens is 194 g/mol. The van der Waals surface area contributed by atoms with Crippen LogP contribution in [0.5, 0.6) is 0 Å². The van der Waals surface area contributed by atoms with Gasteiger partial charge >= 0.3 is 0 Å². The Morgan fingerprint density at radius 1 is 0.938 bits per heavy atom. The van der Waals surface area contributed by atoms with Crippen LogP contribution in [0.15, 0.2) is 42.5 Å². The Kier molecular flexibility index (Phi) is 2.95. The van der Waals surface area contributed by atoms with Crippen molar-refractivity contribution in [3.63, 3.8) is 0 Å². The monoisotopic (exact) mass is 211 g/mol. The summed E-state index contributed by atoms with van der Waals surface area (Å²) in [6, 6.07) is 14.8. The number of rotatable bonds is 2. The zero-order chi connectivity index (χ0) is 11.5. The molecule has 0 spiro atoms. The largest absolute Gasteiger partial charge is 0.399 e. The molecule has 2 N–H and O–H groups in total. The van der Waals surface area contributed by atoms with Gasteiger partial charge in [-0.1, -0.05) is 42.8 Å². The Hall–Kier alpha value is -1.76. The van der Waals surface area contributed by atoms with Crippen LogP contribution in [0.25, 0.3) is 11.1 Å². The molecule has 0 saturated heterocycles. The van der Waals surface area contributed by atoms with Crippen molar-refractivity contribution in [2.75, 3.05) is 5.73 Å². The smallest absolute Gasteiger partial charge is 0.0346 e. The van der Waals surface area contributed by atoms with Gasteiger partial charge in [-0.3, -0.25) is 0 Å². The molecule has 0 aliphatic carbocycles. The van der Waals surface area contributed by atoms with Crippen LogP contribution in [0.1, 0.15) is 18.1 Å². The summed E-state index contributed by atoms with van der Waals surface area (Å²) in [7, 11) is 0. The van der Waals surface area contributed by atoms with Crippen molar-refractivity contribution in [2.45, 2.75) is 20.3 Å². The number of hydrogen-bond acceptors (Lipinski definition) is 1. The van der Waals surface area contributed by atoms with Crippen LogP contribution in [0.3, 0.4) is 0 Å². The van der Waals surface area contributed by atoms with Crippen LogP contribution in [0.2, 0.25) is 0 Å². The maximum Gasteiger partial charge on any atom is 0.0346 e. The first-order chi connectivity index (χ1) is 7.70. The molecule has 16 heavy (non-hydrogen) atoms. The molecule has 82 valence electrons. The minimum Gasteiger partial charge on any atom is -0.399 e. The highest BCUT2D eigenvalue weighted by molar-refractivity contribution is 5.68. The van der Waals surface area contributed by atoms with Gasteiger partial charge in [-0.15, -0.1) is 0 Å². The zero-order valence-electron chi connectivity index (χ0n) is 9.83. The quantitative estimate of drug-likeness (QED) is 0.751. The van der Waals surface area contributed by atoms with Crippen molar-refractivity contribution in [1.29, 1.82) is 0 Å². The third kappa shape index (κ3) is 2.08. The SMILES string of the molecule is CCc1cc(-c2ccc(C)cc2)ccc1N. The second-order valence-electron chi connectivity index (χ2n) is 4.13. The lowest BCUT2D eigenvalue weighted by Crippen LogP contribution is -1.93. The Morgan fingerprint density at radius 3 is 2.19 bits per heavy atom. The normalized spacial score (nSPS) is 10.4. The van der Waals surface area contributed by atoms with E-state index in [4.69, 9.17) is 5.73 Å². The molecule has 0 bridgehead atoms. The molecular formula is C15H17N. The van der Waals surface area contributed by atoms with Gasteiger partial charge in [-0.25, -0.2) is 0 Å². The molecule has 0 unspecified atom stereocenters. The van der Waals surface area contributed by atoms with Crippen LogP contribution in [0, 0.1) is 6.92 Å². The lowest BCUT2D eigenvalue weighted by molar-refractivity contribution is 1.15. The molecule has 0 atom stereocenters. The Labute approximate surface area is 96.9 Å². The summed E-state index contributed by atoms with van der Waals surface area (Å²) in [6.07, 6.45) is 0.978. The van der Waals surface area contributed by atoms with E-state index in [0.717, 1.165) is 12.1 Å². The highest BCUT2D eigenvalue weighted by Crippen LogP contribution is 2.24. The lowest BCUT2D eigenvalue weighted by Gasteiger charge is -2.07. The van der Waals surface area contributed by atoms with E-state index < -0.39 is 0 Å². The molecule has 0 fully saturated rings. The summed E-state index contributed by atoms with van der Waals surface area (Å²) in [4.78, 5) is 0. The molecule has 1 nitrogen and oxygen atoms in total. The number of benzene rings is 2. The Bertz CT molecular complexity index is 483. The van der Waals surface area contributed by atoms with Gasteiger partial charge in [0.05, 0.1) is 0 Å². The molecule has 0 amide bonds. The minimum atomic E-state index is 0.887. The first kappa shape index (κ1) is 10.7. The third-order valence-electron chi connectivity index (χ3n) is 2.91. The second kappa shape index (κ2) is 4.40. The van der Waals surface area contributed by atoms with E-state index >= 15 is 0 Å². The predicted octanol–water partition coefficient (Wildman–Crippen LogP) is 3.81. The summed E-state index contributed by atoms with van der Waals surface area (Å²) >= 11 is 0. The molecule has 0 aliphatic heterocycles. The van der Waals surface area contributed by atoms with Crippen LogP contribution < -0.4 is 5.73 Å². The number of anilines is 1. The van der Waals surface area contributed by atoms with Crippen LogP contribution in [0.4, 0.5) is 5.69 Å². The molecule has 0 aliphatic rings. The van der Waals surface area contributed by atoms with Crippen LogP contribution in [-0.4, -0.2) is 0 Å². The van der Waals surface area contributed by atoms with Gasteiger partial charge in [0, 0.05) is 5.69 Å². The fourth-order valence-electron chi connectivity index (χ4n) is 1.84. The average molecular weight is 211 g/mol. The summed E-state index contributed by atoms with van der Waals surface area (Å²) < 4.78 is 0. The fourth-order valence-corrected chi connectivity index (χ4v) is 1.84. The van der Waals surface area contributed by atoms with Gasteiger partial charge < -0.3 is 5.73 Å². The topological polar surface area (TPSA) is 26.0 Å². The first-order valence-electron chi connectivity index (χ1n) is 5.66. The van der Waals surface area contributed by atoms with Gasteiger partial charge in [0.15, 0.2) is 0 Å². The van der Waals surface area contributed by atoms with Crippen molar-refractivity contribution >= 4 is 5.69 Å². The van der Waals surface area contributed by atoms with E-state index in [1.807, 2.05) is 6.07 Å². The molecule has 0 radical (unpaired) electrons. The van der Waals surface area contributed by atoms with Gasteiger partial charge in [0.1, 0.15) is 0 Å². The van der Waals surface area contributed by atoms with Crippen LogP contribution in [-0.2, 0) is 6.42 Å². The minimum absolute atomic E-state index is 0.887. The lowest BCUT2D eigenvalue weighted by atomic mass is 10.00. The molecule has 1 heteroatoms. The average Bonchev–Trinajstić information content (AvgIpc) is 2.31. The number of nitrogen functional groups attached to an aromatic ring is 1. The Morgan fingerprint density at radius 2 is 1.56 bits per heavy atom. The summed E-state index contributed by atoms with van der Waals surface area (Å²) in [5.41, 5.74) is 11.8. The van der Waals surface area contributed by atoms with Gasteiger partial charge in [-0.2, -0.15) is 0 Å². The van der Waals surface area contributed by atoms with Crippen molar-refractivity contribution in [3.8, 4) is 11.1 Å². The predicted molar refractivity (Wildman–Crippen MR) is 70.4 cm³/mol. The van der Waals surface area contributed by atoms with E-state index in [9.17, 15) is 0 Å². The molecule has 2 rings (SSSR count). The molecule has 0 heterocycles. The van der Waals surface area contributed by atoms with E-state index in [0.29, 0.717) is 0 Å². The summed E-state index contributed by atoms with van der Waals surface area (Å²) in [5.74, 6) is 0. The van der Waals surface area contributed by atoms with E-state index in [1.165, 1.54) is 22.3 Å². The number of nitrogens with two attached hydrogens (primary N) is 1. The molecule has 0 saturated carbocycles. The standard InChI is InChI=1S/C15H17N/c1-3-12-10-14(8-9-15(12)16)13-6-4-11(2)5-7-13/h4-10H,3,16H2,1-2H3. The van der Waals surface area contributed by atoms with Crippen molar-refractivity contribution in [3.05, 3.63) is 53.6 Å². The van der Waals surface area contributed by atoms with E-state index in [2.05, 4.69) is 50.2 Å². The number of aryl methyl sites for hydroxylation is 2. The zero-order valence-corrected chi connectivity index (χ0v) is 9.83. The number of hydrogen-bond donors (Lipinski definition) is 1. The summed E-state index contributed by atoms with van der Waals surface area (Å²) in [5, 5.41) is 0. The van der Waals surface area contributed by atoms with Crippen molar-refractivity contribution < 1.29 is 0 Å². The fraction of sp³-hybridized carbons (Fsp3) is 0.200. The highest BCUT2D eigenvalue weighted by Gasteiger charge is 2.01. The second-order valence-corrected chi connectivity index (χ2v) is 4.13. The molecule has 2 aromatic carbocycles. The maximum atomic E-state index is 5.90. The van der Waals surface area contributed by atoms with Gasteiger partial charge in [0.2, 0.25) is 0 Å². The van der Waals surface area contributed by atoms with Crippen molar-refractivity contribution in [1.82, 2.24) is 0 Å². The van der Waals surface area contributed by atoms with Crippen LogP contribution >= 0.6 is 0 Å². The third-order valence-corrected chi connectivity index (χ3v) is 2.91. The van der Waals surface area contributed by atoms with Gasteiger partial charge in [0.25, 0.3) is 0 Å². The summed E-state index contributed by atoms with van der Waals surface area (Å²) in [6.45, 7) is 4.23. The van der Waals surface area contributed by atoms with E-state index in [-0.39, 0.29) is 0 Å². The first-order valence-corrected chi connectivity index (χ1v) is 5.66. The van der Waals surface area contributed by atoms with Gasteiger partial charge in [-0.05, 0) is 42.2 Å². The van der Waals surface area contributed by atoms with E-state index in [1.54, 1.807) is 0 Å². The molecule has 0 aromatic heterocycles. The Balaban J connectivity index is 2.44. The van der Waals surface area contributed by atoms with Crippen molar-refractivity contribution in [2.24, 2.45) is 0 Å².